The van der Waals surface area contributed by atoms with E-state index in [-0.39, 0.29) is 5.91 Å². The van der Waals surface area contributed by atoms with Gasteiger partial charge in [-0.15, -0.1) is 0 Å². The number of hydrogen-bond donors (Lipinski definition) is 2. The molecule has 1 aliphatic carbocycles. The number of carbonyl (C=O) groups is 1. The van der Waals surface area contributed by atoms with Gasteiger partial charge in [0.15, 0.2) is 0 Å². The smallest absolute Gasteiger partial charge is 0.254 e. The predicted molar refractivity (Wildman–Crippen MR) is 56.5 cm³/mol. The summed E-state index contributed by atoms with van der Waals surface area (Å²) in [5.41, 5.74) is 6.26. The maximum atomic E-state index is 11.6. The normalized spacial score (nSPS) is 24.7. The molecule has 0 radical (unpaired) electrons. The van der Waals surface area contributed by atoms with Crippen molar-refractivity contribution in [3.05, 3.63) is 23.7 Å². The van der Waals surface area contributed by atoms with E-state index in [1.807, 2.05) is 6.92 Å². The number of rotatable bonds is 3. The summed E-state index contributed by atoms with van der Waals surface area (Å²) in [6.45, 7) is 2.54. The van der Waals surface area contributed by atoms with Crippen LogP contribution in [-0.2, 0) is 0 Å². The summed E-state index contributed by atoms with van der Waals surface area (Å²) in [6.07, 6.45) is 3.52. The van der Waals surface area contributed by atoms with E-state index in [0.29, 0.717) is 17.5 Å². The molecule has 0 atom stereocenters. The molecule has 82 valence electrons. The Bertz CT molecular complexity index is 353. The summed E-state index contributed by atoms with van der Waals surface area (Å²) in [6, 6.07) is 2.07. The minimum atomic E-state index is -0.0627. The number of nitrogens with two attached hydrogens (primary N) is 1. The average Bonchev–Trinajstić information content (AvgIpc) is 2.57. The molecule has 0 spiro atoms. The lowest BCUT2D eigenvalue weighted by Gasteiger charge is -2.32. The molecule has 15 heavy (non-hydrogen) atoms. The molecule has 0 bridgehead atoms. The molecule has 3 N–H and O–H groups in total. The lowest BCUT2D eigenvalue weighted by molar-refractivity contribution is 0.0935. The zero-order valence-corrected chi connectivity index (χ0v) is 8.82. The van der Waals surface area contributed by atoms with Gasteiger partial charge in [-0.25, -0.2) is 0 Å². The van der Waals surface area contributed by atoms with Crippen molar-refractivity contribution in [1.82, 2.24) is 5.32 Å². The van der Waals surface area contributed by atoms with Crippen molar-refractivity contribution in [2.24, 2.45) is 11.7 Å². The summed E-state index contributed by atoms with van der Waals surface area (Å²) in [5.74, 6) is 1.25. The largest absolute Gasteiger partial charge is 0.469 e. The van der Waals surface area contributed by atoms with E-state index in [1.54, 1.807) is 6.07 Å². The van der Waals surface area contributed by atoms with Crippen molar-refractivity contribution in [2.45, 2.75) is 25.8 Å². The summed E-state index contributed by atoms with van der Waals surface area (Å²) < 4.78 is 5.07. The fraction of sp³-hybridized carbons (Fsp3) is 0.545. The van der Waals surface area contributed by atoms with Gasteiger partial charge in [0, 0.05) is 12.6 Å². The zero-order valence-electron chi connectivity index (χ0n) is 8.82. The highest BCUT2D eigenvalue weighted by Crippen LogP contribution is 2.24. The van der Waals surface area contributed by atoms with Crippen LogP contribution in [0.2, 0.25) is 0 Å². The Morgan fingerprint density at radius 1 is 1.67 bits per heavy atom. The minimum absolute atomic E-state index is 0.0627. The number of aryl methyl sites for hydroxylation is 1. The third kappa shape index (κ3) is 2.39. The Balaban J connectivity index is 1.78. The van der Waals surface area contributed by atoms with Crippen LogP contribution in [0.5, 0.6) is 0 Å². The van der Waals surface area contributed by atoms with Crippen LogP contribution in [0, 0.1) is 12.8 Å². The topological polar surface area (TPSA) is 68.3 Å². The number of hydrogen-bond acceptors (Lipinski definition) is 3. The van der Waals surface area contributed by atoms with Crippen molar-refractivity contribution in [1.29, 1.82) is 0 Å². The van der Waals surface area contributed by atoms with Crippen LogP contribution in [0.3, 0.4) is 0 Å². The van der Waals surface area contributed by atoms with E-state index in [4.69, 9.17) is 10.2 Å². The number of furan rings is 1. The molecule has 1 aromatic rings. The lowest BCUT2D eigenvalue weighted by Crippen LogP contribution is -2.42. The van der Waals surface area contributed by atoms with E-state index in [0.717, 1.165) is 25.1 Å². The van der Waals surface area contributed by atoms with Gasteiger partial charge in [0.1, 0.15) is 12.0 Å². The summed E-state index contributed by atoms with van der Waals surface area (Å²) in [4.78, 5) is 11.6. The van der Waals surface area contributed by atoms with Crippen LogP contribution >= 0.6 is 0 Å². The van der Waals surface area contributed by atoms with E-state index in [9.17, 15) is 4.79 Å². The zero-order chi connectivity index (χ0) is 10.8. The van der Waals surface area contributed by atoms with Crippen molar-refractivity contribution in [3.8, 4) is 0 Å². The first-order valence-electron chi connectivity index (χ1n) is 5.24. The van der Waals surface area contributed by atoms with Gasteiger partial charge in [0.2, 0.25) is 0 Å². The van der Waals surface area contributed by atoms with Gasteiger partial charge < -0.3 is 15.5 Å². The first-order valence-corrected chi connectivity index (χ1v) is 5.24. The Hall–Kier alpha value is -1.29. The van der Waals surface area contributed by atoms with Gasteiger partial charge in [-0.3, -0.25) is 4.79 Å². The quantitative estimate of drug-likeness (QED) is 0.780. The van der Waals surface area contributed by atoms with Crippen LogP contribution in [-0.4, -0.2) is 18.5 Å². The summed E-state index contributed by atoms with van der Waals surface area (Å²) >= 11 is 0. The monoisotopic (exact) mass is 208 g/mol. The maximum Gasteiger partial charge on any atom is 0.254 e. The fourth-order valence-electron chi connectivity index (χ4n) is 1.86. The first kappa shape index (κ1) is 10.2. The molecule has 1 fully saturated rings. The molecule has 1 aliphatic rings. The predicted octanol–water partition coefficient (Wildman–Crippen LogP) is 1.06. The Labute approximate surface area is 88.8 Å². The van der Waals surface area contributed by atoms with Gasteiger partial charge in [0.25, 0.3) is 5.91 Å². The van der Waals surface area contributed by atoms with Gasteiger partial charge in [-0.1, -0.05) is 0 Å². The third-order valence-corrected chi connectivity index (χ3v) is 2.82. The molecular formula is C11H16N2O2. The SMILES string of the molecule is Cc1cc(C(=O)NCC2CC(N)C2)co1. The van der Waals surface area contributed by atoms with Crippen LogP contribution < -0.4 is 11.1 Å². The highest BCUT2D eigenvalue weighted by Gasteiger charge is 2.26. The first-order chi connectivity index (χ1) is 7.15. The molecule has 2 rings (SSSR count). The van der Waals surface area contributed by atoms with Crippen LogP contribution in [0.25, 0.3) is 0 Å². The molecule has 4 nitrogen and oxygen atoms in total. The minimum Gasteiger partial charge on any atom is -0.469 e. The highest BCUT2D eigenvalue weighted by atomic mass is 16.3. The lowest BCUT2D eigenvalue weighted by atomic mass is 9.81. The van der Waals surface area contributed by atoms with Gasteiger partial charge >= 0.3 is 0 Å². The maximum absolute atomic E-state index is 11.6. The van der Waals surface area contributed by atoms with Gasteiger partial charge in [0.05, 0.1) is 5.56 Å². The summed E-state index contributed by atoms with van der Waals surface area (Å²) in [7, 11) is 0. The second-order valence-corrected chi connectivity index (χ2v) is 4.25. The average molecular weight is 208 g/mol. The molecule has 1 amide bonds. The van der Waals surface area contributed by atoms with Crippen molar-refractivity contribution < 1.29 is 9.21 Å². The second kappa shape index (κ2) is 4.06. The van der Waals surface area contributed by atoms with Crippen molar-refractivity contribution >= 4 is 5.91 Å². The molecular weight excluding hydrogens is 192 g/mol. The van der Waals surface area contributed by atoms with Crippen molar-refractivity contribution in [3.63, 3.8) is 0 Å². The van der Waals surface area contributed by atoms with E-state index in [1.165, 1.54) is 6.26 Å². The van der Waals surface area contributed by atoms with E-state index in [2.05, 4.69) is 5.32 Å². The Kier molecular flexibility index (Phi) is 2.77. The molecule has 0 aromatic carbocycles. The highest BCUT2D eigenvalue weighted by molar-refractivity contribution is 5.93. The van der Waals surface area contributed by atoms with E-state index >= 15 is 0 Å². The van der Waals surface area contributed by atoms with E-state index < -0.39 is 0 Å². The molecule has 1 heterocycles. The fourth-order valence-corrected chi connectivity index (χ4v) is 1.86. The Morgan fingerprint density at radius 2 is 2.40 bits per heavy atom. The number of nitrogens with one attached hydrogen (secondary N) is 1. The van der Waals surface area contributed by atoms with Crippen LogP contribution in [0.4, 0.5) is 0 Å². The third-order valence-electron chi connectivity index (χ3n) is 2.82. The summed E-state index contributed by atoms with van der Waals surface area (Å²) in [5, 5.41) is 2.88. The molecule has 0 aliphatic heterocycles. The molecule has 1 aromatic heterocycles. The van der Waals surface area contributed by atoms with Crippen LogP contribution in [0.1, 0.15) is 29.0 Å². The van der Waals surface area contributed by atoms with Gasteiger partial charge in [-0.2, -0.15) is 0 Å². The standard InChI is InChI=1S/C11H16N2O2/c1-7-2-9(6-15-7)11(14)13-5-8-3-10(12)4-8/h2,6,8,10H,3-5,12H2,1H3,(H,13,14). The van der Waals surface area contributed by atoms with Crippen LogP contribution in [0.15, 0.2) is 16.7 Å². The molecule has 1 saturated carbocycles. The molecule has 0 saturated heterocycles. The van der Waals surface area contributed by atoms with Crippen molar-refractivity contribution in [2.75, 3.05) is 6.54 Å². The second-order valence-electron chi connectivity index (χ2n) is 4.25. The van der Waals surface area contributed by atoms with Gasteiger partial charge in [-0.05, 0) is 31.7 Å². The molecule has 0 unspecified atom stereocenters. The Morgan fingerprint density at radius 3 is 2.93 bits per heavy atom. The number of carbonyl (C=O) groups excluding carboxylic acids is 1. The number of amides is 1. The molecule has 4 heteroatoms.